The summed E-state index contributed by atoms with van der Waals surface area (Å²) < 4.78 is 28.0. The third kappa shape index (κ3) is 7.32. The van der Waals surface area contributed by atoms with Crippen molar-refractivity contribution in [2.45, 2.75) is 98.8 Å². The number of hydrogen-bond acceptors (Lipinski definition) is 12. The Balaban J connectivity index is 3.07. The minimum atomic E-state index is -2.01. The van der Waals surface area contributed by atoms with Crippen LogP contribution in [0.3, 0.4) is 0 Å². The van der Waals surface area contributed by atoms with Crippen LogP contribution in [0.25, 0.3) is 0 Å². The van der Waals surface area contributed by atoms with E-state index in [9.17, 15) is 33.6 Å². The van der Waals surface area contributed by atoms with E-state index >= 15 is 0 Å². The number of hydrogen-bond donors (Lipinski definition) is 0. The molecular weight excluding hydrogens is 552 g/mol. The van der Waals surface area contributed by atoms with Crippen LogP contribution in [0.1, 0.15) is 68.7 Å². The van der Waals surface area contributed by atoms with E-state index in [2.05, 4.69) is 6.58 Å². The van der Waals surface area contributed by atoms with Crippen LogP contribution in [0.4, 0.5) is 0 Å². The van der Waals surface area contributed by atoms with Gasteiger partial charge in [-0.05, 0) is 19.8 Å². The Hall–Kier alpha value is -3.83. The van der Waals surface area contributed by atoms with E-state index in [4.69, 9.17) is 23.7 Å². The molecule has 0 aromatic heterocycles. The molecule has 0 aliphatic heterocycles. The molecule has 0 radical (unpaired) electrons. The highest BCUT2D eigenvalue weighted by molar-refractivity contribution is 5.95. The summed E-state index contributed by atoms with van der Waals surface area (Å²) in [6.07, 6.45) is -3.48. The first kappa shape index (κ1) is 34.4. The molecule has 2 aliphatic carbocycles. The summed E-state index contributed by atoms with van der Waals surface area (Å²) in [7, 11) is 0. The number of esters is 5. The fraction of sp³-hybridized carbons (Fsp3) is 0.633. The molecule has 0 saturated heterocycles. The molecule has 8 atom stereocenters. The van der Waals surface area contributed by atoms with Crippen molar-refractivity contribution < 1.29 is 57.2 Å². The third-order valence-electron chi connectivity index (χ3n) is 7.44. The van der Waals surface area contributed by atoms with Gasteiger partial charge in [-0.3, -0.25) is 33.6 Å². The Kier molecular flexibility index (Phi) is 10.6. The molecule has 0 spiro atoms. The molecule has 0 amide bonds. The average molecular weight is 593 g/mol. The topological polar surface area (TPSA) is 166 Å². The van der Waals surface area contributed by atoms with Gasteiger partial charge >= 0.3 is 29.8 Å². The van der Waals surface area contributed by atoms with Gasteiger partial charge in [0.25, 0.3) is 0 Å². The van der Waals surface area contributed by atoms with Gasteiger partial charge in [-0.25, -0.2) is 0 Å². The van der Waals surface area contributed by atoms with Gasteiger partial charge in [0.1, 0.15) is 12.2 Å². The molecule has 0 bridgehead atoms. The maximum absolute atomic E-state index is 14.3. The molecule has 2 aliphatic rings. The fourth-order valence-corrected chi connectivity index (χ4v) is 5.80. The minimum absolute atomic E-state index is 0.120. The van der Waals surface area contributed by atoms with Crippen LogP contribution in [0.2, 0.25) is 0 Å². The van der Waals surface area contributed by atoms with Crippen molar-refractivity contribution in [3.63, 3.8) is 0 Å². The second kappa shape index (κ2) is 13.0. The van der Waals surface area contributed by atoms with Crippen molar-refractivity contribution in [2.75, 3.05) is 0 Å². The third-order valence-corrected chi connectivity index (χ3v) is 7.44. The van der Waals surface area contributed by atoms with Gasteiger partial charge in [0.2, 0.25) is 6.10 Å². The standard InChI is InChI=1S/C30H40O12/c1-14-11-12-29(9,10)28(37)26(41-20(7)34)25(40-19(6)33)16(3)24(39-18(5)32)22-23(38-17(4)31)15(2)13-30(22,27(14)36)42-21(8)35/h11-12,14-15,22-26H,3,13H2,1-2,4-10H3/b12-11+/t14-,15-,22-,23+,24+,25-,26-,30-/m0/s1. The summed E-state index contributed by atoms with van der Waals surface area (Å²) in [6, 6.07) is 0. The van der Waals surface area contributed by atoms with E-state index in [0.717, 1.165) is 34.6 Å². The molecule has 0 aromatic rings. The SMILES string of the molecule is C=C1[C@@H](OC(C)=O)[C@@H]2[C@H](OC(C)=O)[C@@H](C)C[C@@]2(OC(C)=O)C(=O)[C@@H](C)/C=C/C(C)(C)C(=O)[C@@H](OC(C)=O)[C@H]1OC(C)=O. The highest BCUT2D eigenvalue weighted by atomic mass is 16.6. The van der Waals surface area contributed by atoms with Crippen LogP contribution in [-0.4, -0.2) is 71.4 Å². The van der Waals surface area contributed by atoms with Crippen LogP contribution >= 0.6 is 0 Å². The first-order chi connectivity index (χ1) is 19.2. The van der Waals surface area contributed by atoms with Crippen molar-refractivity contribution in [1.29, 1.82) is 0 Å². The quantitative estimate of drug-likeness (QED) is 0.261. The molecule has 232 valence electrons. The zero-order valence-corrected chi connectivity index (χ0v) is 25.5. The smallest absolute Gasteiger partial charge is 0.303 e. The largest absolute Gasteiger partial charge is 0.462 e. The zero-order valence-electron chi connectivity index (χ0n) is 25.5. The monoisotopic (exact) mass is 592 g/mol. The predicted molar refractivity (Wildman–Crippen MR) is 145 cm³/mol. The van der Waals surface area contributed by atoms with Crippen molar-refractivity contribution >= 4 is 41.4 Å². The second-order valence-electron chi connectivity index (χ2n) is 11.5. The van der Waals surface area contributed by atoms with Gasteiger partial charge in [-0.2, -0.15) is 0 Å². The Bertz CT molecular complexity index is 1200. The van der Waals surface area contributed by atoms with Crippen molar-refractivity contribution in [2.24, 2.45) is 23.2 Å². The van der Waals surface area contributed by atoms with E-state index in [1.165, 1.54) is 32.9 Å². The molecule has 1 fully saturated rings. The van der Waals surface area contributed by atoms with Crippen LogP contribution in [0, 0.1) is 23.2 Å². The number of carbonyl (C=O) groups excluding carboxylic acids is 7. The lowest BCUT2D eigenvalue weighted by Crippen LogP contribution is -2.58. The highest BCUT2D eigenvalue weighted by Gasteiger charge is 2.65. The van der Waals surface area contributed by atoms with E-state index in [0.29, 0.717) is 0 Å². The van der Waals surface area contributed by atoms with E-state index < -0.39 is 94.6 Å². The van der Waals surface area contributed by atoms with E-state index in [-0.39, 0.29) is 12.0 Å². The maximum atomic E-state index is 14.3. The van der Waals surface area contributed by atoms with Crippen LogP contribution < -0.4 is 0 Å². The number of Topliss-reactive ketones (excluding diaryl/α,β-unsaturated/α-hetero) is 2. The van der Waals surface area contributed by atoms with Crippen LogP contribution in [0.15, 0.2) is 24.3 Å². The molecule has 0 aromatic carbocycles. The zero-order chi connectivity index (χ0) is 32.3. The number of carbonyl (C=O) groups is 7. The van der Waals surface area contributed by atoms with Gasteiger partial charge in [0, 0.05) is 57.9 Å². The Labute approximate surface area is 245 Å². The number of fused-ring (bicyclic) bond motifs is 1. The normalized spacial score (nSPS) is 33.6. The first-order valence-electron chi connectivity index (χ1n) is 13.6. The van der Waals surface area contributed by atoms with Crippen LogP contribution in [0.5, 0.6) is 0 Å². The summed E-state index contributed by atoms with van der Waals surface area (Å²) in [6.45, 7) is 15.7. The molecule has 0 heterocycles. The molecule has 0 N–H and O–H groups in total. The Morgan fingerprint density at radius 2 is 1.21 bits per heavy atom. The molecule has 12 nitrogen and oxygen atoms in total. The van der Waals surface area contributed by atoms with Gasteiger partial charge in [0.05, 0.1) is 5.92 Å². The Morgan fingerprint density at radius 1 is 0.738 bits per heavy atom. The number of allylic oxidation sites excluding steroid dienone is 2. The lowest BCUT2D eigenvalue weighted by molar-refractivity contribution is -0.187. The van der Waals surface area contributed by atoms with Crippen molar-refractivity contribution in [3.8, 4) is 0 Å². The highest BCUT2D eigenvalue weighted by Crippen LogP contribution is 2.51. The summed E-state index contributed by atoms with van der Waals surface area (Å²) in [5, 5.41) is 0. The van der Waals surface area contributed by atoms with Gasteiger partial charge in [-0.1, -0.05) is 32.6 Å². The molecule has 42 heavy (non-hydrogen) atoms. The summed E-state index contributed by atoms with van der Waals surface area (Å²) in [4.78, 5) is 90.0. The summed E-state index contributed by atoms with van der Waals surface area (Å²) in [5.74, 6) is -8.45. The molecule has 2 rings (SSSR count). The Morgan fingerprint density at radius 3 is 1.69 bits per heavy atom. The fourth-order valence-electron chi connectivity index (χ4n) is 5.80. The molecule has 1 saturated carbocycles. The van der Waals surface area contributed by atoms with Crippen LogP contribution in [-0.2, 0) is 57.2 Å². The average Bonchev–Trinajstić information content (AvgIpc) is 3.10. The lowest BCUT2D eigenvalue weighted by Gasteiger charge is -2.42. The van der Waals surface area contributed by atoms with Crippen molar-refractivity contribution in [1.82, 2.24) is 0 Å². The van der Waals surface area contributed by atoms with Gasteiger partial charge < -0.3 is 23.7 Å². The molecule has 12 heteroatoms. The number of rotatable bonds is 5. The maximum Gasteiger partial charge on any atom is 0.303 e. The van der Waals surface area contributed by atoms with E-state index in [1.807, 2.05) is 0 Å². The second-order valence-corrected chi connectivity index (χ2v) is 11.5. The molecule has 0 unspecified atom stereocenters. The van der Waals surface area contributed by atoms with E-state index in [1.54, 1.807) is 6.92 Å². The predicted octanol–water partition coefficient (Wildman–Crippen LogP) is 2.60. The number of ketones is 2. The lowest BCUT2D eigenvalue weighted by atomic mass is 9.72. The van der Waals surface area contributed by atoms with Gasteiger partial charge in [-0.15, -0.1) is 0 Å². The summed E-state index contributed by atoms with van der Waals surface area (Å²) in [5.41, 5.74) is -3.64. The molecular formula is C30H40O12. The van der Waals surface area contributed by atoms with Gasteiger partial charge in [0.15, 0.2) is 23.3 Å². The summed E-state index contributed by atoms with van der Waals surface area (Å²) >= 11 is 0. The minimum Gasteiger partial charge on any atom is -0.462 e. The number of ether oxygens (including phenoxy) is 5. The van der Waals surface area contributed by atoms with Crippen molar-refractivity contribution in [3.05, 3.63) is 24.3 Å². The first-order valence-corrected chi connectivity index (χ1v) is 13.6.